The van der Waals surface area contributed by atoms with Gasteiger partial charge in [-0.05, 0) is 43.3 Å². The standard InChI is InChI=1S/C19H16O6/c1-2-21-19-17(20)16(15-6-4-10-23-15)14-8-7-13(24-18(14)25-19)11-12-5-3-9-22-12/h3-11,18-19H,2H2,1H3/b13-11+/t18-,19+/m1/s1. The molecule has 25 heavy (non-hydrogen) atoms. The van der Waals surface area contributed by atoms with E-state index < -0.39 is 12.6 Å². The molecule has 0 saturated heterocycles. The number of carbonyl (C=O) groups is 1. The van der Waals surface area contributed by atoms with Gasteiger partial charge in [0.25, 0.3) is 0 Å². The predicted molar refractivity (Wildman–Crippen MR) is 87.8 cm³/mol. The summed E-state index contributed by atoms with van der Waals surface area (Å²) < 4.78 is 27.7. The van der Waals surface area contributed by atoms with E-state index in [-0.39, 0.29) is 5.78 Å². The summed E-state index contributed by atoms with van der Waals surface area (Å²) in [4.78, 5) is 12.7. The second-order valence-electron chi connectivity index (χ2n) is 5.44. The Hall–Kier alpha value is -2.83. The normalized spacial score (nSPS) is 24.5. The number of furan rings is 2. The monoisotopic (exact) mass is 340 g/mol. The van der Waals surface area contributed by atoms with Crippen molar-refractivity contribution in [3.05, 3.63) is 71.8 Å². The van der Waals surface area contributed by atoms with E-state index in [0.717, 1.165) is 0 Å². The molecule has 2 aromatic heterocycles. The van der Waals surface area contributed by atoms with Crippen LogP contribution in [-0.2, 0) is 19.0 Å². The summed E-state index contributed by atoms with van der Waals surface area (Å²) in [5.41, 5.74) is 1.01. The third-order valence-corrected chi connectivity index (χ3v) is 3.83. The van der Waals surface area contributed by atoms with Crippen LogP contribution in [-0.4, -0.2) is 25.0 Å². The highest BCUT2D eigenvalue weighted by Gasteiger charge is 2.40. The first kappa shape index (κ1) is 15.7. The molecule has 0 radical (unpaired) electrons. The van der Waals surface area contributed by atoms with E-state index in [0.29, 0.717) is 35.0 Å². The molecule has 0 bridgehead atoms. The molecule has 6 nitrogen and oxygen atoms in total. The number of allylic oxidation sites excluding steroid dienone is 1. The second kappa shape index (κ2) is 6.58. The van der Waals surface area contributed by atoms with Crippen molar-refractivity contribution in [1.29, 1.82) is 0 Å². The number of fused-ring (bicyclic) bond motifs is 1. The van der Waals surface area contributed by atoms with Crippen LogP contribution in [0.1, 0.15) is 18.4 Å². The second-order valence-corrected chi connectivity index (χ2v) is 5.44. The lowest BCUT2D eigenvalue weighted by Crippen LogP contribution is -2.40. The van der Waals surface area contributed by atoms with Crippen LogP contribution in [0, 0.1) is 0 Å². The van der Waals surface area contributed by atoms with Crippen molar-refractivity contribution in [3.8, 4) is 0 Å². The molecule has 2 aromatic rings. The Morgan fingerprint density at radius 3 is 2.72 bits per heavy atom. The number of Topliss-reactive ketones (excluding diaryl/α,β-unsaturated/α-hetero) is 1. The van der Waals surface area contributed by atoms with Crippen LogP contribution in [0.25, 0.3) is 11.6 Å². The zero-order valence-corrected chi connectivity index (χ0v) is 13.5. The van der Waals surface area contributed by atoms with Gasteiger partial charge < -0.3 is 23.0 Å². The number of ketones is 1. The molecule has 2 atom stereocenters. The fourth-order valence-electron chi connectivity index (χ4n) is 2.76. The van der Waals surface area contributed by atoms with Gasteiger partial charge >= 0.3 is 0 Å². The molecule has 0 fully saturated rings. The summed E-state index contributed by atoms with van der Waals surface area (Å²) in [7, 11) is 0. The lowest BCUT2D eigenvalue weighted by molar-refractivity contribution is -0.216. The Kier molecular flexibility index (Phi) is 4.13. The van der Waals surface area contributed by atoms with Gasteiger partial charge in [0.15, 0.2) is 0 Å². The summed E-state index contributed by atoms with van der Waals surface area (Å²) >= 11 is 0. The summed E-state index contributed by atoms with van der Waals surface area (Å²) in [5.74, 6) is 1.40. The van der Waals surface area contributed by atoms with E-state index in [2.05, 4.69) is 0 Å². The summed E-state index contributed by atoms with van der Waals surface area (Å²) in [6.45, 7) is 2.14. The minimum atomic E-state index is -1.03. The van der Waals surface area contributed by atoms with Crippen LogP contribution >= 0.6 is 0 Å². The maximum Gasteiger partial charge on any atom is 0.230 e. The molecule has 0 unspecified atom stereocenters. The quantitative estimate of drug-likeness (QED) is 0.848. The summed E-state index contributed by atoms with van der Waals surface area (Å²) in [6, 6.07) is 7.07. The van der Waals surface area contributed by atoms with E-state index in [9.17, 15) is 4.79 Å². The molecule has 128 valence electrons. The molecule has 0 spiro atoms. The average Bonchev–Trinajstić information content (AvgIpc) is 3.30. The fourth-order valence-corrected chi connectivity index (χ4v) is 2.76. The van der Waals surface area contributed by atoms with Gasteiger partial charge in [0.2, 0.25) is 18.4 Å². The SMILES string of the molecule is CCO[C@H]1O[C@H]2O/C(=C/c3ccco3)C=CC2=C(c2ccco2)C1=O. The van der Waals surface area contributed by atoms with Gasteiger partial charge in [-0.25, -0.2) is 0 Å². The van der Waals surface area contributed by atoms with Gasteiger partial charge in [0.1, 0.15) is 17.3 Å². The minimum absolute atomic E-state index is 0.283. The van der Waals surface area contributed by atoms with E-state index >= 15 is 0 Å². The van der Waals surface area contributed by atoms with Crippen molar-refractivity contribution in [2.24, 2.45) is 0 Å². The molecule has 6 heteroatoms. The van der Waals surface area contributed by atoms with Crippen LogP contribution in [0.3, 0.4) is 0 Å². The predicted octanol–water partition coefficient (Wildman–Crippen LogP) is 3.54. The Bertz CT molecular complexity index is 839. The zero-order valence-electron chi connectivity index (χ0n) is 13.5. The maximum atomic E-state index is 12.7. The number of ether oxygens (including phenoxy) is 3. The van der Waals surface area contributed by atoms with Crippen LogP contribution < -0.4 is 0 Å². The van der Waals surface area contributed by atoms with Gasteiger partial charge in [0, 0.05) is 18.3 Å². The molecule has 0 saturated carbocycles. The molecule has 0 N–H and O–H groups in total. The van der Waals surface area contributed by atoms with Gasteiger partial charge in [-0.3, -0.25) is 4.79 Å². The topological polar surface area (TPSA) is 71.0 Å². The lowest BCUT2D eigenvalue weighted by Gasteiger charge is -2.33. The first-order valence-electron chi connectivity index (χ1n) is 7.95. The van der Waals surface area contributed by atoms with E-state index in [1.807, 2.05) is 6.07 Å². The Balaban J connectivity index is 1.75. The van der Waals surface area contributed by atoms with Gasteiger partial charge in [0.05, 0.1) is 18.1 Å². The van der Waals surface area contributed by atoms with Crippen LogP contribution in [0.2, 0.25) is 0 Å². The van der Waals surface area contributed by atoms with Crippen molar-refractivity contribution in [3.63, 3.8) is 0 Å². The molecule has 2 aliphatic rings. The largest absolute Gasteiger partial charge is 0.465 e. The lowest BCUT2D eigenvalue weighted by atomic mass is 9.96. The average molecular weight is 340 g/mol. The molecule has 2 aliphatic heterocycles. The minimum Gasteiger partial charge on any atom is -0.465 e. The summed E-state index contributed by atoms with van der Waals surface area (Å²) in [5, 5.41) is 0. The highest BCUT2D eigenvalue weighted by molar-refractivity contribution is 6.23. The Morgan fingerprint density at radius 2 is 2.00 bits per heavy atom. The first-order valence-corrected chi connectivity index (χ1v) is 7.95. The molecular weight excluding hydrogens is 324 g/mol. The third kappa shape index (κ3) is 2.97. The molecule has 0 amide bonds. The number of hydrogen-bond acceptors (Lipinski definition) is 6. The zero-order chi connectivity index (χ0) is 17.2. The number of hydrogen-bond donors (Lipinski definition) is 0. The van der Waals surface area contributed by atoms with E-state index in [4.69, 9.17) is 23.0 Å². The molecule has 4 heterocycles. The fraction of sp³-hybridized carbons (Fsp3) is 0.211. The molecule has 0 aliphatic carbocycles. The molecule has 4 rings (SSSR count). The number of carbonyl (C=O) groups excluding carboxylic acids is 1. The van der Waals surface area contributed by atoms with E-state index in [1.165, 1.54) is 6.26 Å². The molecular formula is C19H16O6. The van der Waals surface area contributed by atoms with Gasteiger partial charge in [-0.15, -0.1) is 0 Å². The summed E-state index contributed by atoms with van der Waals surface area (Å²) in [6.07, 6.45) is 6.60. The smallest absolute Gasteiger partial charge is 0.230 e. The molecule has 0 aromatic carbocycles. The van der Waals surface area contributed by atoms with Gasteiger partial charge in [-0.1, -0.05) is 0 Å². The van der Waals surface area contributed by atoms with Gasteiger partial charge in [-0.2, -0.15) is 0 Å². The van der Waals surface area contributed by atoms with Crippen molar-refractivity contribution in [2.75, 3.05) is 6.61 Å². The van der Waals surface area contributed by atoms with Crippen LogP contribution in [0.15, 0.2) is 69.1 Å². The maximum absolute atomic E-state index is 12.7. The number of rotatable bonds is 4. The third-order valence-electron chi connectivity index (χ3n) is 3.83. The van der Waals surface area contributed by atoms with Crippen LogP contribution in [0.4, 0.5) is 0 Å². The van der Waals surface area contributed by atoms with Crippen LogP contribution in [0.5, 0.6) is 0 Å². The van der Waals surface area contributed by atoms with E-state index in [1.54, 1.807) is 49.6 Å². The van der Waals surface area contributed by atoms with Crippen molar-refractivity contribution in [2.45, 2.75) is 19.5 Å². The van der Waals surface area contributed by atoms with Crippen molar-refractivity contribution >= 4 is 17.4 Å². The highest BCUT2D eigenvalue weighted by atomic mass is 16.8. The first-order chi connectivity index (χ1) is 12.3. The highest BCUT2D eigenvalue weighted by Crippen LogP contribution is 2.36. The van der Waals surface area contributed by atoms with Crippen molar-refractivity contribution < 1.29 is 27.8 Å². The van der Waals surface area contributed by atoms with Crippen molar-refractivity contribution in [1.82, 2.24) is 0 Å². The Morgan fingerprint density at radius 1 is 1.16 bits per heavy atom. The Labute approximate surface area is 144 Å².